The molecular formula is C25H22N2O6. The Bertz CT molecular complexity index is 1220. The molecule has 0 saturated heterocycles. The summed E-state index contributed by atoms with van der Waals surface area (Å²) in [4.78, 5) is 25.6. The first-order chi connectivity index (χ1) is 15.9. The van der Waals surface area contributed by atoms with Crippen LogP contribution in [0.4, 0.5) is 5.69 Å². The number of non-ortho nitro benzene ring substituents is 1. The molecule has 0 radical (unpaired) electrons. The summed E-state index contributed by atoms with van der Waals surface area (Å²) in [6.07, 6.45) is 0. The summed E-state index contributed by atoms with van der Waals surface area (Å²) in [6, 6.07) is 19.6. The van der Waals surface area contributed by atoms with Gasteiger partial charge in [0.15, 0.2) is 5.76 Å². The highest BCUT2D eigenvalue weighted by Gasteiger charge is 2.41. The summed E-state index contributed by atoms with van der Waals surface area (Å²) in [5.74, 6) is 0.380. The first-order valence-corrected chi connectivity index (χ1v) is 10.2. The average Bonchev–Trinajstić information content (AvgIpc) is 3.09. The van der Waals surface area contributed by atoms with Crippen LogP contribution >= 0.6 is 0 Å². The molecule has 1 aliphatic heterocycles. The molecule has 33 heavy (non-hydrogen) atoms. The Morgan fingerprint density at radius 3 is 2.15 bits per heavy atom. The van der Waals surface area contributed by atoms with E-state index in [1.807, 2.05) is 12.1 Å². The Morgan fingerprint density at radius 1 is 0.970 bits per heavy atom. The smallest absolute Gasteiger partial charge is 0.290 e. The monoisotopic (exact) mass is 446 g/mol. The van der Waals surface area contributed by atoms with Crippen molar-refractivity contribution in [2.45, 2.75) is 12.6 Å². The Morgan fingerprint density at radius 2 is 1.58 bits per heavy atom. The van der Waals surface area contributed by atoms with Gasteiger partial charge in [-0.1, -0.05) is 36.4 Å². The van der Waals surface area contributed by atoms with E-state index in [1.54, 1.807) is 62.8 Å². The fourth-order valence-corrected chi connectivity index (χ4v) is 3.96. The first-order valence-electron chi connectivity index (χ1n) is 10.2. The minimum Gasteiger partial charge on any atom is -0.503 e. The molecule has 1 heterocycles. The minimum atomic E-state index is -0.715. The Labute approximate surface area is 190 Å². The summed E-state index contributed by atoms with van der Waals surface area (Å²) in [5.41, 5.74) is 2.26. The van der Waals surface area contributed by atoms with Gasteiger partial charge in [0.2, 0.25) is 0 Å². The molecule has 4 rings (SSSR count). The highest BCUT2D eigenvalue weighted by molar-refractivity contribution is 6.05. The predicted molar refractivity (Wildman–Crippen MR) is 122 cm³/mol. The Kier molecular flexibility index (Phi) is 5.99. The molecule has 3 aromatic carbocycles. The second kappa shape index (κ2) is 9.04. The van der Waals surface area contributed by atoms with Gasteiger partial charge in [0, 0.05) is 24.3 Å². The van der Waals surface area contributed by atoms with Crippen LogP contribution in [0.5, 0.6) is 11.5 Å². The highest BCUT2D eigenvalue weighted by Crippen LogP contribution is 2.44. The third-order valence-electron chi connectivity index (χ3n) is 5.61. The quantitative estimate of drug-likeness (QED) is 0.418. The number of carbonyl (C=O) groups excluding carboxylic acids is 1. The van der Waals surface area contributed by atoms with Crippen molar-refractivity contribution in [2.24, 2.45) is 0 Å². The van der Waals surface area contributed by atoms with Crippen LogP contribution in [0.1, 0.15) is 22.7 Å². The maximum Gasteiger partial charge on any atom is 0.290 e. The molecule has 1 atom stereocenters. The van der Waals surface area contributed by atoms with Crippen molar-refractivity contribution >= 4 is 17.2 Å². The number of nitrogens with zero attached hydrogens (tertiary/aromatic N) is 2. The standard InChI is InChI=1S/C25H22N2O6/c1-32-20-10-6-16(7-11-20)15-26-23(18-4-3-5-19(14-18)27(30)31)22(24(28)25(26)29)17-8-12-21(33-2)13-9-17/h3-14,23,28H,15H2,1-2H3. The topological polar surface area (TPSA) is 102 Å². The average molecular weight is 446 g/mol. The van der Waals surface area contributed by atoms with Gasteiger partial charge in [-0.3, -0.25) is 14.9 Å². The number of carbonyl (C=O) groups is 1. The van der Waals surface area contributed by atoms with Crippen LogP contribution in [0, 0.1) is 10.1 Å². The molecule has 1 aliphatic rings. The van der Waals surface area contributed by atoms with Crippen molar-refractivity contribution in [3.05, 3.63) is 105 Å². The van der Waals surface area contributed by atoms with Crippen molar-refractivity contribution < 1.29 is 24.3 Å². The number of nitro benzene ring substituents is 1. The molecule has 0 bridgehead atoms. The van der Waals surface area contributed by atoms with Crippen molar-refractivity contribution in [2.75, 3.05) is 14.2 Å². The van der Waals surface area contributed by atoms with Gasteiger partial charge in [0.1, 0.15) is 11.5 Å². The lowest BCUT2D eigenvalue weighted by molar-refractivity contribution is -0.384. The van der Waals surface area contributed by atoms with E-state index in [0.717, 1.165) is 5.56 Å². The van der Waals surface area contributed by atoms with E-state index in [0.29, 0.717) is 28.2 Å². The number of hydrogen-bond acceptors (Lipinski definition) is 6. The molecule has 0 aromatic heterocycles. The van der Waals surface area contributed by atoms with Crippen molar-refractivity contribution in [1.29, 1.82) is 0 Å². The van der Waals surface area contributed by atoms with Gasteiger partial charge in [-0.15, -0.1) is 0 Å². The van der Waals surface area contributed by atoms with E-state index < -0.39 is 16.9 Å². The fourth-order valence-electron chi connectivity index (χ4n) is 3.96. The Balaban J connectivity index is 1.80. The molecule has 0 aliphatic carbocycles. The maximum atomic E-state index is 13.2. The van der Waals surface area contributed by atoms with Gasteiger partial charge in [-0.2, -0.15) is 0 Å². The van der Waals surface area contributed by atoms with Crippen molar-refractivity contribution in [3.63, 3.8) is 0 Å². The van der Waals surface area contributed by atoms with Gasteiger partial charge in [0.25, 0.3) is 11.6 Å². The number of aliphatic hydroxyl groups excluding tert-OH is 1. The van der Waals surface area contributed by atoms with E-state index in [-0.39, 0.29) is 18.0 Å². The zero-order chi connectivity index (χ0) is 23.5. The summed E-state index contributed by atoms with van der Waals surface area (Å²) in [6.45, 7) is 0.194. The normalized spacial score (nSPS) is 15.6. The van der Waals surface area contributed by atoms with Crippen LogP contribution in [-0.4, -0.2) is 35.1 Å². The van der Waals surface area contributed by atoms with Crippen LogP contribution in [0.2, 0.25) is 0 Å². The molecule has 0 spiro atoms. The summed E-state index contributed by atoms with van der Waals surface area (Å²) in [7, 11) is 3.12. The lowest BCUT2D eigenvalue weighted by Gasteiger charge is -2.27. The molecule has 0 fully saturated rings. The van der Waals surface area contributed by atoms with E-state index in [1.165, 1.54) is 17.0 Å². The molecular weight excluding hydrogens is 424 g/mol. The van der Waals surface area contributed by atoms with Gasteiger partial charge >= 0.3 is 0 Å². The highest BCUT2D eigenvalue weighted by atomic mass is 16.6. The number of ether oxygens (including phenoxy) is 2. The summed E-state index contributed by atoms with van der Waals surface area (Å²) < 4.78 is 10.4. The maximum absolute atomic E-state index is 13.2. The zero-order valence-electron chi connectivity index (χ0n) is 18.1. The molecule has 3 aromatic rings. The largest absolute Gasteiger partial charge is 0.503 e. The summed E-state index contributed by atoms with van der Waals surface area (Å²) in [5, 5.41) is 22.3. The van der Waals surface area contributed by atoms with Crippen LogP contribution in [0.3, 0.4) is 0 Å². The number of methoxy groups -OCH3 is 2. The lowest BCUT2D eigenvalue weighted by atomic mass is 9.93. The van der Waals surface area contributed by atoms with Crippen LogP contribution in [0.15, 0.2) is 78.6 Å². The van der Waals surface area contributed by atoms with E-state index >= 15 is 0 Å². The third-order valence-corrected chi connectivity index (χ3v) is 5.61. The van der Waals surface area contributed by atoms with E-state index in [9.17, 15) is 20.0 Å². The van der Waals surface area contributed by atoms with Gasteiger partial charge in [-0.25, -0.2) is 0 Å². The molecule has 1 N–H and O–H groups in total. The summed E-state index contributed by atoms with van der Waals surface area (Å²) >= 11 is 0. The van der Waals surface area contributed by atoms with Gasteiger partial charge in [-0.05, 0) is 41.0 Å². The van der Waals surface area contributed by atoms with Crippen molar-refractivity contribution in [1.82, 2.24) is 4.90 Å². The number of benzene rings is 3. The SMILES string of the molecule is COc1ccc(CN2C(=O)C(O)=C(c3ccc(OC)cc3)C2c2cccc([N+](=O)[O-])c2)cc1. The number of nitro groups is 1. The van der Waals surface area contributed by atoms with Crippen molar-refractivity contribution in [3.8, 4) is 11.5 Å². The van der Waals surface area contributed by atoms with E-state index in [4.69, 9.17) is 9.47 Å². The van der Waals surface area contributed by atoms with E-state index in [2.05, 4.69) is 0 Å². The molecule has 8 heteroatoms. The van der Waals surface area contributed by atoms with Crippen LogP contribution in [0.25, 0.3) is 5.57 Å². The second-order valence-corrected chi connectivity index (χ2v) is 7.53. The molecule has 1 unspecified atom stereocenters. The predicted octanol–water partition coefficient (Wildman–Crippen LogP) is 4.66. The molecule has 0 saturated carbocycles. The number of rotatable bonds is 7. The fraction of sp³-hybridized carbons (Fsp3) is 0.160. The molecule has 168 valence electrons. The Hall–Kier alpha value is -4.33. The lowest BCUT2D eigenvalue weighted by Crippen LogP contribution is -2.29. The van der Waals surface area contributed by atoms with Gasteiger partial charge in [0.05, 0.1) is 25.2 Å². The van der Waals surface area contributed by atoms with Crippen LogP contribution in [-0.2, 0) is 11.3 Å². The first kappa shape index (κ1) is 21.9. The zero-order valence-corrected chi connectivity index (χ0v) is 18.1. The van der Waals surface area contributed by atoms with Crippen LogP contribution < -0.4 is 9.47 Å². The molecule has 1 amide bonds. The minimum absolute atomic E-state index is 0.0928. The molecule has 8 nitrogen and oxygen atoms in total. The second-order valence-electron chi connectivity index (χ2n) is 7.53. The van der Waals surface area contributed by atoms with Gasteiger partial charge < -0.3 is 19.5 Å². The number of amides is 1. The number of aliphatic hydroxyl groups is 1. The number of hydrogen-bond donors (Lipinski definition) is 1. The third kappa shape index (κ3) is 4.23.